The number of anilines is 2. The fourth-order valence-electron chi connectivity index (χ4n) is 10.5. The van der Waals surface area contributed by atoms with Crippen LogP contribution in [-0.2, 0) is 37.8 Å². The summed E-state index contributed by atoms with van der Waals surface area (Å²) in [7, 11) is 1.90. The summed E-state index contributed by atoms with van der Waals surface area (Å²) in [4.78, 5) is 48.2. The van der Waals surface area contributed by atoms with Gasteiger partial charge in [-0.2, -0.15) is 0 Å². The molecule has 61 heavy (non-hydrogen) atoms. The van der Waals surface area contributed by atoms with Crippen LogP contribution in [0.5, 0.6) is 0 Å². The van der Waals surface area contributed by atoms with E-state index in [1.165, 1.54) is 0 Å². The Hall–Kier alpha value is -4.89. The first-order valence-corrected chi connectivity index (χ1v) is 21.6. The van der Waals surface area contributed by atoms with Crippen LogP contribution in [-0.4, -0.2) is 88.0 Å². The molecule has 9 rings (SSSR count). The normalized spacial score (nSPS) is 23.9. The number of nitrogens with zero attached hydrogens (tertiary/aromatic N) is 7. The molecule has 0 radical (unpaired) electrons. The van der Waals surface area contributed by atoms with Gasteiger partial charge in [0, 0.05) is 75.8 Å². The van der Waals surface area contributed by atoms with Gasteiger partial charge in [0.05, 0.1) is 27.2 Å². The van der Waals surface area contributed by atoms with E-state index in [0.717, 1.165) is 98.2 Å². The predicted octanol–water partition coefficient (Wildman–Crippen LogP) is 8.23. The Labute approximate surface area is 358 Å². The number of benzene rings is 2. The second kappa shape index (κ2) is 15.8. The molecular formula is C46H51ClF2N8O4. The third-order valence-corrected chi connectivity index (χ3v) is 14.5. The highest BCUT2D eigenvalue weighted by Gasteiger charge is 2.57. The van der Waals surface area contributed by atoms with Crippen molar-refractivity contribution in [3.63, 3.8) is 0 Å². The zero-order valence-electron chi connectivity index (χ0n) is 34.8. The van der Waals surface area contributed by atoms with Crippen molar-refractivity contribution in [3.8, 4) is 11.1 Å². The Kier molecular flexibility index (Phi) is 10.7. The number of Topliss-reactive ketones (excluding diaryl/α,β-unsaturated/α-hetero) is 1. The van der Waals surface area contributed by atoms with E-state index >= 15 is 0 Å². The molecule has 4 aliphatic rings. The van der Waals surface area contributed by atoms with Crippen LogP contribution in [0.1, 0.15) is 103 Å². The van der Waals surface area contributed by atoms with Crippen molar-refractivity contribution in [1.82, 2.24) is 34.3 Å². The second-order valence-electron chi connectivity index (χ2n) is 18.3. The van der Waals surface area contributed by atoms with Gasteiger partial charge in [0.25, 0.3) is 6.43 Å². The summed E-state index contributed by atoms with van der Waals surface area (Å²) in [6.07, 6.45) is 5.61. The summed E-state index contributed by atoms with van der Waals surface area (Å²) in [5, 5.41) is 23.9. The number of rotatable bonds is 13. The molecule has 2 bridgehead atoms. The molecule has 3 N–H and O–H groups in total. The Morgan fingerprint density at radius 1 is 1.00 bits per heavy atom. The van der Waals surface area contributed by atoms with Crippen molar-refractivity contribution < 1.29 is 28.6 Å². The molecule has 2 saturated carbocycles. The van der Waals surface area contributed by atoms with Crippen LogP contribution in [0.15, 0.2) is 48.7 Å². The maximum Gasteiger partial charge on any atom is 0.309 e. The molecule has 2 aliphatic carbocycles. The maximum atomic E-state index is 14.1. The summed E-state index contributed by atoms with van der Waals surface area (Å²) < 4.78 is 30.2. The number of pyridine rings is 1. The number of likely N-dealkylation sites (tertiary alicyclic amines) is 1. The van der Waals surface area contributed by atoms with Crippen LogP contribution in [0.25, 0.3) is 22.2 Å². The Bertz CT molecular complexity index is 2550. The van der Waals surface area contributed by atoms with E-state index in [1.807, 2.05) is 54.9 Å². The highest BCUT2D eigenvalue weighted by molar-refractivity contribution is 6.34. The second-order valence-corrected chi connectivity index (χ2v) is 18.7. The third-order valence-electron chi connectivity index (χ3n) is 14.0. The van der Waals surface area contributed by atoms with Crippen molar-refractivity contribution >= 4 is 45.9 Å². The summed E-state index contributed by atoms with van der Waals surface area (Å²) in [5.74, 6) is -0.828. The SMILES string of the molecule is Cc1c(Nc2nc(C(F)F)nc3cc(CN4CC[C@@](C)(O)C4)cnc23)cccc1-c1cccc(CC(=O)c2nc3c(n2C)CCN(CCC24CCC(C(=O)O)(CC2)C4)C3)c1Cl. The Morgan fingerprint density at radius 2 is 1.77 bits per heavy atom. The number of aliphatic hydroxyl groups is 1. The van der Waals surface area contributed by atoms with E-state index in [4.69, 9.17) is 16.6 Å². The van der Waals surface area contributed by atoms with Crippen LogP contribution in [0, 0.1) is 17.8 Å². The number of carboxylic acid groups (broad SMARTS) is 1. The highest BCUT2D eigenvalue weighted by Crippen LogP contribution is 2.63. The number of hydrogen-bond donors (Lipinski definition) is 3. The zero-order valence-corrected chi connectivity index (χ0v) is 35.5. The number of β-amino-alcohol motifs (C(OH)–C–C–N with tert-alkyl or cyclic N) is 1. The first-order valence-electron chi connectivity index (χ1n) is 21.2. The number of alkyl halides is 2. The lowest BCUT2D eigenvalue weighted by Crippen LogP contribution is -2.34. The fraction of sp³-hybridized carbons (Fsp3) is 0.478. The van der Waals surface area contributed by atoms with Crippen LogP contribution in [0.3, 0.4) is 0 Å². The Morgan fingerprint density at radius 3 is 2.49 bits per heavy atom. The number of aliphatic carboxylic acids is 1. The van der Waals surface area contributed by atoms with Crippen molar-refractivity contribution in [1.29, 1.82) is 0 Å². The predicted molar refractivity (Wildman–Crippen MR) is 228 cm³/mol. The van der Waals surface area contributed by atoms with E-state index in [2.05, 4.69) is 30.1 Å². The van der Waals surface area contributed by atoms with Crippen LogP contribution in [0.4, 0.5) is 20.3 Å². The minimum Gasteiger partial charge on any atom is -0.481 e. The molecule has 1 saturated heterocycles. The van der Waals surface area contributed by atoms with Gasteiger partial charge < -0.3 is 20.1 Å². The van der Waals surface area contributed by atoms with Crippen molar-refractivity contribution in [2.45, 2.75) is 96.8 Å². The number of hydrogen-bond acceptors (Lipinski definition) is 10. The molecule has 15 heteroatoms. The standard InChI is InChI=1S/C46H51ClF2N8O4/c1-27-30(7-5-9-32(27)51-40-38-33(52-41(54-40)39(48)49)20-28(22-50-38)23-57-18-15-44(2,61)26-57)31-8-4-6-29(37(31)47)21-36(58)42-53-34-24-56(17-10-35(34)55(42)3)19-16-45-11-13-46(25-45,14-12-45)43(59)60/h4-9,20,22,39,61H,10-19,21,23-26H2,1-3H3,(H,59,60)(H,51,52,54)/t44-,45?,46?/m1/s1. The lowest BCUT2D eigenvalue weighted by molar-refractivity contribution is -0.148. The summed E-state index contributed by atoms with van der Waals surface area (Å²) in [6.45, 7) is 7.86. The topological polar surface area (TPSA) is 150 Å². The quantitative estimate of drug-likeness (QED) is 0.0984. The van der Waals surface area contributed by atoms with Gasteiger partial charge in [-0.3, -0.25) is 24.4 Å². The average molecular weight is 853 g/mol. The van der Waals surface area contributed by atoms with Gasteiger partial charge in [0.15, 0.2) is 17.5 Å². The van der Waals surface area contributed by atoms with E-state index in [-0.39, 0.29) is 23.4 Å². The number of carbonyl (C=O) groups excluding carboxylic acids is 1. The minimum atomic E-state index is -2.90. The van der Waals surface area contributed by atoms with E-state index < -0.39 is 29.2 Å². The molecule has 5 heterocycles. The van der Waals surface area contributed by atoms with Crippen molar-refractivity contribution in [2.24, 2.45) is 17.9 Å². The number of aromatic nitrogens is 5. The van der Waals surface area contributed by atoms with E-state index in [1.54, 1.807) is 19.2 Å². The van der Waals surface area contributed by atoms with Gasteiger partial charge >= 0.3 is 5.97 Å². The molecule has 5 aromatic rings. The smallest absolute Gasteiger partial charge is 0.309 e. The number of carboxylic acids is 1. The lowest BCUT2D eigenvalue weighted by atomic mass is 9.80. The van der Waals surface area contributed by atoms with Gasteiger partial charge in [0.2, 0.25) is 5.78 Å². The van der Waals surface area contributed by atoms with Gasteiger partial charge in [0.1, 0.15) is 5.52 Å². The molecule has 0 unspecified atom stereocenters. The number of halogens is 3. The molecule has 2 aromatic carbocycles. The number of imidazole rings is 1. The molecular weight excluding hydrogens is 802 g/mol. The average Bonchev–Trinajstić information content (AvgIpc) is 3.99. The van der Waals surface area contributed by atoms with Gasteiger partial charge in [-0.25, -0.2) is 23.7 Å². The molecule has 0 spiro atoms. The maximum absolute atomic E-state index is 14.1. The van der Waals surface area contributed by atoms with Crippen molar-refractivity contribution in [3.05, 3.63) is 93.4 Å². The number of fused-ring (bicyclic) bond motifs is 4. The van der Waals surface area contributed by atoms with Crippen LogP contribution in [0.2, 0.25) is 5.02 Å². The highest BCUT2D eigenvalue weighted by atomic mass is 35.5. The zero-order chi connectivity index (χ0) is 42.8. The number of nitrogens with one attached hydrogen (secondary N) is 1. The van der Waals surface area contributed by atoms with Gasteiger partial charge in [-0.15, -0.1) is 0 Å². The van der Waals surface area contributed by atoms with E-state index in [9.17, 15) is 28.6 Å². The molecule has 3 fully saturated rings. The molecule has 3 aromatic heterocycles. The summed E-state index contributed by atoms with van der Waals surface area (Å²) in [5.41, 5.74) is 5.84. The number of carbonyl (C=O) groups is 2. The van der Waals surface area contributed by atoms with E-state index in [0.29, 0.717) is 59.2 Å². The first-order chi connectivity index (χ1) is 29.1. The Balaban J connectivity index is 0.906. The summed E-state index contributed by atoms with van der Waals surface area (Å²) >= 11 is 7.11. The first kappa shape index (κ1) is 41.5. The largest absolute Gasteiger partial charge is 0.481 e. The van der Waals surface area contributed by atoms with Crippen LogP contribution >= 0.6 is 11.6 Å². The lowest BCUT2D eigenvalue weighted by Gasteiger charge is -2.32. The molecule has 1 atom stereocenters. The monoisotopic (exact) mass is 852 g/mol. The third kappa shape index (κ3) is 7.92. The van der Waals surface area contributed by atoms with Crippen LogP contribution < -0.4 is 5.32 Å². The van der Waals surface area contributed by atoms with Gasteiger partial charge in [-0.05, 0) is 105 Å². The van der Waals surface area contributed by atoms with Gasteiger partial charge in [-0.1, -0.05) is 41.9 Å². The molecule has 0 amide bonds. The minimum absolute atomic E-state index is 0.0546. The molecule has 12 nitrogen and oxygen atoms in total. The fourth-order valence-corrected chi connectivity index (χ4v) is 10.8. The molecule has 2 aliphatic heterocycles. The summed E-state index contributed by atoms with van der Waals surface area (Å²) in [6, 6.07) is 13.0. The van der Waals surface area contributed by atoms with Crippen molar-refractivity contribution in [2.75, 3.05) is 31.5 Å². The molecule has 320 valence electrons. The number of ketones is 1.